The summed E-state index contributed by atoms with van der Waals surface area (Å²) < 4.78 is 0. The van der Waals surface area contributed by atoms with Gasteiger partial charge in [0.15, 0.2) is 0 Å². The first kappa shape index (κ1) is 10.8. The number of hydrogen-bond acceptors (Lipinski definition) is 3. The number of hydroxylamine groups is 2. The van der Waals surface area contributed by atoms with Gasteiger partial charge in [-0.05, 0) is 19.1 Å². The van der Waals surface area contributed by atoms with Crippen molar-refractivity contribution in [2.75, 3.05) is 18.7 Å². The van der Waals surface area contributed by atoms with Crippen LogP contribution in [0.5, 0.6) is 0 Å². The molecule has 0 bridgehead atoms. The van der Waals surface area contributed by atoms with Crippen LogP contribution in [0, 0.1) is 0 Å². The van der Waals surface area contributed by atoms with Crippen molar-refractivity contribution >= 4 is 11.7 Å². The Balaban J connectivity index is 2.14. The van der Waals surface area contributed by atoms with E-state index in [0.29, 0.717) is 6.54 Å². The fraction of sp³-hybridized carbons (Fsp3) is 0.364. The van der Waals surface area contributed by atoms with Gasteiger partial charge in [-0.3, -0.25) is 9.85 Å². The number of carbonyl (C=O) groups is 1. The predicted octanol–water partition coefficient (Wildman–Crippen LogP) is 1.38. The first-order valence-corrected chi connectivity index (χ1v) is 5.19. The van der Waals surface area contributed by atoms with Crippen LogP contribution in [0.1, 0.15) is 6.92 Å². The van der Waals surface area contributed by atoms with E-state index in [1.807, 2.05) is 42.3 Å². The molecule has 1 aromatic rings. The molecule has 86 valence electrons. The number of nitrogens with zero attached hydrogens (tertiary/aromatic N) is 2. The molecular formula is C11H15N3O2. The minimum Gasteiger partial charge on any atom is -0.282 e. The number of hydrazine groups is 1. The van der Waals surface area contributed by atoms with Gasteiger partial charge in [0.1, 0.15) is 0 Å². The van der Waals surface area contributed by atoms with E-state index < -0.39 is 0 Å². The molecule has 5 heteroatoms. The van der Waals surface area contributed by atoms with Crippen LogP contribution in [0.4, 0.5) is 10.5 Å². The maximum atomic E-state index is 11.7. The number of urea groups is 1. The fourth-order valence-electron chi connectivity index (χ4n) is 1.79. The Labute approximate surface area is 94.5 Å². The van der Waals surface area contributed by atoms with Crippen molar-refractivity contribution in [2.45, 2.75) is 13.0 Å². The monoisotopic (exact) mass is 221 g/mol. The zero-order chi connectivity index (χ0) is 11.5. The summed E-state index contributed by atoms with van der Waals surface area (Å²) in [6.07, 6.45) is 0. The second-order valence-corrected chi connectivity index (χ2v) is 3.72. The molecule has 2 amide bonds. The van der Waals surface area contributed by atoms with Gasteiger partial charge in [0, 0.05) is 0 Å². The van der Waals surface area contributed by atoms with Gasteiger partial charge in [0.25, 0.3) is 0 Å². The summed E-state index contributed by atoms with van der Waals surface area (Å²) in [6.45, 7) is 2.63. The third-order valence-electron chi connectivity index (χ3n) is 2.54. The van der Waals surface area contributed by atoms with E-state index in [0.717, 1.165) is 5.69 Å². The molecule has 1 aromatic carbocycles. The van der Waals surface area contributed by atoms with E-state index in [1.54, 1.807) is 0 Å². The van der Waals surface area contributed by atoms with Crippen molar-refractivity contribution in [1.82, 2.24) is 10.5 Å². The van der Waals surface area contributed by atoms with Crippen molar-refractivity contribution < 1.29 is 9.63 Å². The third-order valence-corrected chi connectivity index (χ3v) is 2.54. The Bertz CT molecular complexity index is 369. The second kappa shape index (κ2) is 4.40. The van der Waals surface area contributed by atoms with Crippen molar-refractivity contribution in [3.63, 3.8) is 0 Å². The lowest BCUT2D eigenvalue weighted by Gasteiger charge is -2.39. The quantitative estimate of drug-likeness (QED) is 0.820. The standard InChI is InChI=1S/C11H15N3O2/c1-9-8-13(10-6-4-3-5-7-10)12-11(15)14(9)16-2/h3-7,9H,8H2,1-2H3,(H,12,15). The molecule has 5 nitrogen and oxygen atoms in total. The van der Waals surface area contributed by atoms with Gasteiger partial charge in [0.05, 0.1) is 25.4 Å². The zero-order valence-electron chi connectivity index (χ0n) is 9.38. The molecule has 1 fully saturated rings. The van der Waals surface area contributed by atoms with Crippen molar-refractivity contribution in [2.24, 2.45) is 0 Å². The number of carbonyl (C=O) groups excluding carboxylic acids is 1. The highest BCUT2D eigenvalue weighted by Crippen LogP contribution is 2.16. The molecule has 1 aliphatic heterocycles. The zero-order valence-corrected chi connectivity index (χ0v) is 9.38. The molecule has 0 saturated carbocycles. The van der Waals surface area contributed by atoms with E-state index in [1.165, 1.54) is 12.2 Å². The Morgan fingerprint density at radius 3 is 2.62 bits per heavy atom. The summed E-state index contributed by atoms with van der Waals surface area (Å²) in [6, 6.07) is 9.50. The van der Waals surface area contributed by atoms with Gasteiger partial charge in [-0.15, -0.1) is 0 Å². The molecule has 1 saturated heterocycles. The Hall–Kier alpha value is -1.75. The maximum Gasteiger partial charge on any atom is 0.360 e. The number of rotatable bonds is 2. The van der Waals surface area contributed by atoms with Gasteiger partial charge in [-0.25, -0.2) is 10.2 Å². The Kier molecular flexibility index (Phi) is 2.96. The van der Waals surface area contributed by atoms with E-state index >= 15 is 0 Å². The van der Waals surface area contributed by atoms with Crippen LogP contribution < -0.4 is 10.4 Å². The van der Waals surface area contributed by atoms with E-state index in [4.69, 9.17) is 4.84 Å². The SMILES string of the molecule is CON1C(=O)NN(c2ccccc2)CC1C. The number of hydrogen-bond donors (Lipinski definition) is 1. The molecule has 1 unspecified atom stereocenters. The van der Waals surface area contributed by atoms with Crippen LogP contribution in [0.15, 0.2) is 30.3 Å². The van der Waals surface area contributed by atoms with Crippen LogP contribution in [0.3, 0.4) is 0 Å². The first-order valence-electron chi connectivity index (χ1n) is 5.19. The average Bonchev–Trinajstić information content (AvgIpc) is 2.30. The highest BCUT2D eigenvalue weighted by molar-refractivity contribution is 5.77. The van der Waals surface area contributed by atoms with Crippen molar-refractivity contribution in [3.05, 3.63) is 30.3 Å². The molecule has 1 N–H and O–H groups in total. The topological polar surface area (TPSA) is 44.8 Å². The van der Waals surface area contributed by atoms with Gasteiger partial charge < -0.3 is 0 Å². The minimum atomic E-state index is -0.245. The van der Waals surface area contributed by atoms with Gasteiger partial charge >= 0.3 is 6.03 Å². The molecular weight excluding hydrogens is 206 g/mol. The Morgan fingerprint density at radius 2 is 2.06 bits per heavy atom. The first-order chi connectivity index (χ1) is 7.72. The summed E-state index contributed by atoms with van der Waals surface area (Å²) >= 11 is 0. The lowest BCUT2D eigenvalue weighted by Crippen LogP contribution is -2.61. The summed E-state index contributed by atoms with van der Waals surface area (Å²) in [7, 11) is 1.49. The lowest BCUT2D eigenvalue weighted by molar-refractivity contribution is -0.117. The normalized spacial score (nSPS) is 20.9. The highest BCUT2D eigenvalue weighted by Gasteiger charge is 2.29. The molecule has 0 spiro atoms. The molecule has 0 radical (unpaired) electrons. The van der Waals surface area contributed by atoms with Crippen LogP contribution in [-0.2, 0) is 4.84 Å². The molecule has 0 aliphatic carbocycles. The number of para-hydroxylation sites is 1. The van der Waals surface area contributed by atoms with Crippen molar-refractivity contribution in [3.8, 4) is 0 Å². The maximum absolute atomic E-state index is 11.7. The summed E-state index contributed by atoms with van der Waals surface area (Å²) in [5.41, 5.74) is 3.73. The number of anilines is 1. The van der Waals surface area contributed by atoms with Gasteiger partial charge in [-0.2, -0.15) is 5.06 Å². The number of nitrogens with one attached hydrogen (secondary N) is 1. The molecule has 1 heterocycles. The third kappa shape index (κ3) is 1.94. The van der Waals surface area contributed by atoms with Crippen molar-refractivity contribution in [1.29, 1.82) is 0 Å². The second-order valence-electron chi connectivity index (χ2n) is 3.72. The molecule has 0 aromatic heterocycles. The van der Waals surface area contributed by atoms with Crippen LogP contribution >= 0.6 is 0 Å². The molecule has 16 heavy (non-hydrogen) atoms. The summed E-state index contributed by atoms with van der Waals surface area (Å²) in [5, 5.41) is 3.15. The van der Waals surface area contributed by atoms with Crippen LogP contribution in [0.2, 0.25) is 0 Å². The Morgan fingerprint density at radius 1 is 1.38 bits per heavy atom. The van der Waals surface area contributed by atoms with Gasteiger partial charge in [0.2, 0.25) is 0 Å². The molecule has 2 rings (SSSR count). The molecule has 1 atom stereocenters. The lowest BCUT2D eigenvalue weighted by atomic mass is 10.2. The van der Waals surface area contributed by atoms with Crippen LogP contribution in [0.25, 0.3) is 0 Å². The average molecular weight is 221 g/mol. The van der Waals surface area contributed by atoms with E-state index in [-0.39, 0.29) is 12.1 Å². The van der Waals surface area contributed by atoms with Gasteiger partial charge in [-0.1, -0.05) is 18.2 Å². The smallest absolute Gasteiger partial charge is 0.282 e. The van der Waals surface area contributed by atoms with Crippen LogP contribution in [-0.4, -0.2) is 30.8 Å². The number of benzene rings is 1. The van der Waals surface area contributed by atoms with E-state index in [2.05, 4.69) is 5.43 Å². The molecule has 1 aliphatic rings. The largest absolute Gasteiger partial charge is 0.360 e. The number of amides is 2. The summed E-state index contributed by atoms with van der Waals surface area (Å²) in [4.78, 5) is 16.7. The minimum absolute atomic E-state index is 0.0129. The fourth-order valence-corrected chi connectivity index (χ4v) is 1.79. The highest BCUT2D eigenvalue weighted by atomic mass is 16.7. The predicted molar refractivity (Wildman–Crippen MR) is 60.6 cm³/mol. The van der Waals surface area contributed by atoms with E-state index in [9.17, 15) is 4.79 Å². The summed E-state index contributed by atoms with van der Waals surface area (Å²) in [5.74, 6) is 0.